The zero-order valence-corrected chi connectivity index (χ0v) is 7.63. The van der Waals surface area contributed by atoms with E-state index in [2.05, 4.69) is 13.2 Å². The molecule has 0 bridgehead atoms. The molecule has 1 rings (SSSR count). The van der Waals surface area contributed by atoms with Crippen molar-refractivity contribution in [2.24, 2.45) is 0 Å². The van der Waals surface area contributed by atoms with Crippen LogP contribution in [0.15, 0.2) is 61.2 Å². The molecule has 1 aromatic rings. The van der Waals surface area contributed by atoms with Crippen LogP contribution in [0.2, 0.25) is 0 Å². The summed E-state index contributed by atoms with van der Waals surface area (Å²) >= 11 is 0. The van der Waals surface area contributed by atoms with Gasteiger partial charge in [-0.05, 0) is 17.2 Å². The van der Waals surface area contributed by atoms with Crippen LogP contribution in [0.1, 0.15) is 5.56 Å². The minimum Gasteiger partial charge on any atom is -0.204 e. The van der Waals surface area contributed by atoms with Gasteiger partial charge in [0.25, 0.3) is 0 Å². The fourth-order valence-electron chi connectivity index (χ4n) is 0.967. The van der Waals surface area contributed by atoms with E-state index in [0.717, 1.165) is 11.6 Å². The highest BCUT2D eigenvalue weighted by Crippen LogP contribution is 2.19. The highest BCUT2D eigenvalue weighted by atomic mass is 19.2. The maximum atomic E-state index is 12.8. The first-order valence-corrected chi connectivity index (χ1v) is 4.07. The van der Waals surface area contributed by atoms with E-state index in [0.29, 0.717) is 5.57 Å². The number of benzene rings is 1. The lowest BCUT2D eigenvalue weighted by Gasteiger charge is -1.99. The van der Waals surface area contributed by atoms with Gasteiger partial charge in [0.05, 0.1) is 0 Å². The molecule has 0 N–H and O–H groups in total. The van der Waals surface area contributed by atoms with E-state index in [9.17, 15) is 8.78 Å². The van der Waals surface area contributed by atoms with E-state index in [-0.39, 0.29) is 0 Å². The fraction of sp³-hybridized carbons (Fsp3) is 0. The summed E-state index contributed by atoms with van der Waals surface area (Å²) in [7, 11) is 0. The zero-order chi connectivity index (χ0) is 10.6. The molecule has 14 heavy (non-hydrogen) atoms. The van der Waals surface area contributed by atoms with Crippen molar-refractivity contribution in [1.82, 2.24) is 0 Å². The highest BCUT2D eigenvalue weighted by Gasteiger charge is 2.01. The Morgan fingerprint density at radius 3 is 2.14 bits per heavy atom. The second kappa shape index (κ2) is 4.51. The Morgan fingerprint density at radius 1 is 1.07 bits per heavy atom. The summed E-state index contributed by atoms with van der Waals surface area (Å²) in [5.74, 6) is -2.07. The lowest BCUT2D eigenvalue weighted by Crippen LogP contribution is -1.80. The summed E-state index contributed by atoms with van der Waals surface area (Å²) in [4.78, 5) is 0. The minimum absolute atomic E-state index is 0.418. The quantitative estimate of drug-likeness (QED) is 0.634. The van der Waals surface area contributed by atoms with Crippen LogP contribution in [0.4, 0.5) is 8.78 Å². The standard InChI is InChI=1S/C12H10F2/c1-9(8-12(14)10(2)13)11-6-4-3-5-7-11/h3-8H,1-2H2/b12-8+. The van der Waals surface area contributed by atoms with Gasteiger partial charge >= 0.3 is 0 Å². The average molecular weight is 192 g/mol. The Kier molecular flexibility index (Phi) is 3.35. The van der Waals surface area contributed by atoms with Crippen molar-refractivity contribution in [3.05, 3.63) is 66.8 Å². The lowest BCUT2D eigenvalue weighted by molar-refractivity contribution is 0.548. The molecule has 0 radical (unpaired) electrons. The largest absolute Gasteiger partial charge is 0.204 e. The predicted molar refractivity (Wildman–Crippen MR) is 54.9 cm³/mol. The van der Waals surface area contributed by atoms with Crippen LogP contribution in [0.25, 0.3) is 5.57 Å². The summed E-state index contributed by atoms with van der Waals surface area (Å²) in [6, 6.07) is 8.98. The zero-order valence-electron chi connectivity index (χ0n) is 7.63. The molecule has 0 aliphatic carbocycles. The molecule has 0 spiro atoms. The summed E-state index contributed by atoms with van der Waals surface area (Å²) in [5, 5.41) is 0. The van der Waals surface area contributed by atoms with Gasteiger partial charge in [0, 0.05) is 0 Å². The predicted octanol–water partition coefficient (Wildman–Crippen LogP) is 4.04. The van der Waals surface area contributed by atoms with Crippen LogP contribution in [0, 0.1) is 0 Å². The number of hydrogen-bond acceptors (Lipinski definition) is 0. The molecule has 0 amide bonds. The molecule has 0 fully saturated rings. The van der Waals surface area contributed by atoms with E-state index in [1.165, 1.54) is 0 Å². The molecule has 0 aromatic heterocycles. The van der Waals surface area contributed by atoms with Gasteiger partial charge in [-0.25, -0.2) is 8.78 Å². The number of rotatable bonds is 3. The summed E-state index contributed by atoms with van der Waals surface area (Å²) in [5.41, 5.74) is 1.17. The number of allylic oxidation sites excluding steroid dienone is 4. The molecule has 0 saturated carbocycles. The molecular weight excluding hydrogens is 182 g/mol. The van der Waals surface area contributed by atoms with Gasteiger partial charge in [0.1, 0.15) is 0 Å². The molecule has 72 valence electrons. The van der Waals surface area contributed by atoms with Crippen LogP contribution in [0.5, 0.6) is 0 Å². The Morgan fingerprint density at radius 2 is 1.64 bits per heavy atom. The second-order valence-electron chi connectivity index (χ2n) is 2.79. The van der Waals surface area contributed by atoms with Gasteiger partial charge in [-0.1, -0.05) is 43.5 Å². The van der Waals surface area contributed by atoms with E-state index in [1.54, 1.807) is 24.3 Å². The van der Waals surface area contributed by atoms with Crippen molar-refractivity contribution in [2.75, 3.05) is 0 Å². The lowest BCUT2D eigenvalue weighted by atomic mass is 10.1. The third-order valence-corrected chi connectivity index (χ3v) is 1.70. The summed E-state index contributed by atoms with van der Waals surface area (Å²) in [6.45, 7) is 6.47. The first kappa shape index (κ1) is 10.4. The topological polar surface area (TPSA) is 0 Å². The third-order valence-electron chi connectivity index (χ3n) is 1.70. The Labute approximate surface area is 81.9 Å². The maximum absolute atomic E-state index is 12.8. The molecule has 1 aromatic carbocycles. The number of hydrogen-bond donors (Lipinski definition) is 0. The van der Waals surface area contributed by atoms with Gasteiger partial charge in [-0.15, -0.1) is 0 Å². The molecular formula is C12H10F2. The normalized spacial score (nSPS) is 11.1. The van der Waals surface area contributed by atoms with Crippen molar-refractivity contribution in [3.63, 3.8) is 0 Å². The smallest absolute Gasteiger partial charge is 0.158 e. The van der Waals surface area contributed by atoms with Crippen LogP contribution in [-0.2, 0) is 0 Å². The monoisotopic (exact) mass is 192 g/mol. The van der Waals surface area contributed by atoms with E-state index >= 15 is 0 Å². The first-order chi connectivity index (χ1) is 6.61. The average Bonchev–Trinajstić information content (AvgIpc) is 2.19. The highest BCUT2D eigenvalue weighted by molar-refractivity contribution is 5.72. The van der Waals surface area contributed by atoms with Crippen molar-refractivity contribution >= 4 is 5.57 Å². The summed E-state index contributed by atoms with van der Waals surface area (Å²) < 4.78 is 25.1. The maximum Gasteiger partial charge on any atom is 0.158 e. The minimum atomic E-state index is -1.08. The van der Waals surface area contributed by atoms with E-state index in [4.69, 9.17) is 0 Å². The van der Waals surface area contributed by atoms with Crippen molar-refractivity contribution in [1.29, 1.82) is 0 Å². The Hall–Kier alpha value is -1.70. The summed E-state index contributed by atoms with van der Waals surface area (Å²) in [6.07, 6.45) is 1.03. The third kappa shape index (κ3) is 2.66. The van der Waals surface area contributed by atoms with Gasteiger partial charge in [-0.3, -0.25) is 0 Å². The Balaban J connectivity index is 2.88. The first-order valence-electron chi connectivity index (χ1n) is 4.07. The fourth-order valence-corrected chi connectivity index (χ4v) is 0.967. The molecule has 0 nitrogen and oxygen atoms in total. The molecule has 0 unspecified atom stereocenters. The molecule has 0 aliphatic heterocycles. The Bertz CT molecular complexity index is 375. The van der Waals surface area contributed by atoms with E-state index in [1.807, 2.05) is 6.07 Å². The SMILES string of the molecule is C=C(F)/C(F)=C\C(=C)c1ccccc1. The molecule has 0 saturated heterocycles. The van der Waals surface area contributed by atoms with Crippen LogP contribution in [-0.4, -0.2) is 0 Å². The molecule has 2 heteroatoms. The number of halogens is 2. The van der Waals surface area contributed by atoms with Crippen molar-refractivity contribution in [2.45, 2.75) is 0 Å². The van der Waals surface area contributed by atoms with Gasteiger partial charge in [0.15, 0.2) is 11.7 Å². The van der Waals surface area contributed by atoms with Gasteiger partial charge in [-0.2, -0.15) is 0 Å². The molecule has 0 aliphatic rings. The second-order valence-corrected chi connectivity index (χ2v) is 2.79. The van der Waals surface area contributed by atoms with E-state index < -0.39 is 11.7 Å². The van der Waals surface area contributed by atoms with Crippen molar-refractivity contribution in [3.8, 4) is 0 Å². The van der Waals surface area contributed by atoms with Crippen molar-refractivity contribution < 1.29 is 8.78 Å². The van der Waals surface area contributed by atoms with Crippen LogP contribution < -0.4 is 0 Å². The molecule has 0 atom stereocenters. The van der Waals surface area contributed by atoms with Crippen LogP contribution >= 0.6 is 0 Å². The van der Waals surface area contributed by atoms with Gasteiger partial charge < -0.3 is 0 Å². The molecule has 0 heterocycles. The van der Waals surface area contributed by atoms with Crippen LogP contribution in [0.3, 0.4) is 0 Å². The van der Waals surface area contributed by atoms with Gasteiger partial charge in [0.2, 0.25) is 0 Å².